The van der Waals surface area contributed by atoms with Crippen LogP contribution in [0.25, 0.3) is 0 Å². The maximum Gasteiger partial charge on any atom is 0.222 e. The molecule has 20 heavy (non-hydrogen) atoms. The van der Waals surface area contributed by atoms with Gasteiger partial charge in [-0.1, -0.05) is 18.2 Å². The summed E-state index contributed by atoms with van der Waals surface area (Å²) in [4.78, 5) is 15.2. The lowest BCUT2D eigenvalue weighted by Gasteiger charge is -2.16. The van der Waals surface area contributed by atoms with Gasteiger partial charge in [-0.15, -0.1) is 11.3 Å². The first-order chi connectivity index (χ1) is 9.65. The summed E-state index contributed by atoms with van der Waals surface area (Å²) in [6.45, 7) is 0.774. The summed E-state index contributed by atoms with van der Waals surface area (Å²) >= 11 is 1.74. The number of anilines is 1. The highest BCUT2D eigenvalue weighted by molar-refractivity contribution is 7.09. The van der Waals surface area contributed by atoms with E-state index in [9.17, 15) is 4.79 Å². The zero-order valence-electron chi connectivity index (χ0n) is 11.7. The van der Waals surface area contributed by atoms with Gasteiger partial charge in [-0.3, -0.25) is 4.79 Å². The molecule has 1 aromatic heterocycles. The van der Waals surface area contributed by atoms with Crippen LogP contribution in [0.4, 0.5) is 5.69 Å². The van der Waals surface area contributed by atoms with Gasteiger partial charge in [0.05, 0.1) is 0 Å². The summed E-state index contributed by atoms with van der Waals surface area (Å²) in [7, 11) is 1.87. The molecule has 0 unspecified atom stereocenters. The van der Waals surface area contributed by atoms with Crippen molar-refractivity contribution in [1.82, 2.24) is 4.90 Å². The van der Waals surface area contributed by atoms with Gasteiger partial charge in [0.25, 0.3) is 0 Å². The van der Waals surface area contributed by atoms with Crippen LogP contribution in [-0.4, -0.2) is 24.4 Å². The van der Waals surface area contributed by atoms with Gasteiger partial charge in [0.1, 0.15) is 0 Å². The molecule has 2 N–H and O–H groups in total. The molecule has 3 nitrogen and oxygen atoms in total. The molecule has 0 saturated heterocycles. The Morgan fingerprint density at radius 1 is 1.25 bits per heavy atom. The highest BCUT2D eigenvalue weighted by Gasteiger charge is 2.09. The SMILES string of the molecule is CN(CCc1cccs1)C(=O)CCc1cccc(N)c1. The first kappa shape index (κ1) is 14.6. The molecular weight excluding hydrogens is 268 g/mol. The lowest BCUT2D eigenvalue weighted by molar-refractivity contribution is -0.129. The van der Waals surface area contributed by atoms with E-state index in [1.807, 2.05) is 42.3 Å². The number of benzene rings is 1. The molecule has 1 aromatic carbocycles. The van der Waals surface area contributed by atoms with Gasteiger partial charge in [0, 0.05) is 30.6 Å². The number of aryl methyl sites for hydroxylation is 1. The highest BCUT2D eigenvalue weighted by atomic mass is 32.1. The minimum atomic E-state index is 0.184. The maximum absolute atomic E-state index is 12.1. The second-order valence-corrected chi connectivity index (χ2v) is 5.92. The number of carbonyl (C=O) groups excluding carboxylic acids is 1. The fourth-order valence-electron chi connectivity index (χ4n) is 2.05. The van der Waals surface area contributed by atoms with Crippen molar-refractivity contribution in [3.63, 3.8) is 0 Å². The van der Waals surface area contributed by atoms with Crippen LogP contribution in [0.15, 0.2) is 41.8 Å². The van der Waals surface area contributed by atoms with E-state index in [1.165, 1.54) is 4.88 Å². The Labute approximate surface area is 124 Å². The molecule has 0 aliphatic heterocycles. The van der Waals surface area contributed by atoms with Crippen LogP contribution in [0.3, 0.4) is 0 Å². The van der Waals surface area contributed by atoms with Crippen LogP contribution in [0, 0.1) is 0 Å². The van der Waals surface area contributed by atoms with Gasteiger partial charge < -0.3 is 10.6 Å². The number of hydrogen-bond acceptors (Lipinski definition) is 3. The summed E-state index contributed by atoms with van der Waals surface area (Å²) < 4.78 is 0. The molecule has 0 spiro atoms. The first-order valence-electron chi connectivity index (χ1n) is 6.76. The van der Waals surface area contributed by atoms with E-state index in [2.05, 4.69) is 11.4 Å². The van der Waals surface area contributed by atoms with Crippen LogP contribution in [-0.2, 0) is 17.6 Å². The van der Waals surface area contributed by atoms with Gasteiger partial charge in [0.15, 0.2) is 0 Å². The third-order valence-electron chi connectivity index (χ3n) is 3.28. The van der Waals surface area contributed by atoms with Gasteiger partial charge in [-0.2, -0.15) is 0 Å². The van der Waals surface area contributed by atoms with Gasteiger partial charge in [-0.25, -0.2) is 0 Å². The average Bonchev–Trinajstić information content (AvgIpc) is 2.95. The molecule has 1 heterocycles. The third kappa shape index (κ3) is 4.38. The van der Waals surface area contributed by atoms with Crippen LogP contribution < -0.4 is 5.73 Å². The molecular formula is C16H20N2OS. The van der Waals surface area contributed by atoms with Crippen molar-refractivity contribution in [1.29, 1.82) is 0 Å². The fraction of sp³-hybridized carbons (Fsp3) is 0.312. The van der Waals surface area contributed by atoms with Gasteiger partial charge >= 0.3 is 0 Å². The molecule has 0 fully saturated rings. The number of carbonyl (C=O) groups is 1. The number of hydrogen-bond donors (Lipinski definition) is 1. The molecule has 0 atom stereocenters. The van der Waals surface area contributed by atoms with Crippen LogP contribution in [0.1, 0.15) is 16.9 Å². The summed E-state index contributed by atoms with van der Waals surface area (Å²) in [6.07, 6.45) is 2.20. The second-order valence-electron chi connectivity index (χ2n) is 4.89. The predicted octanol–water partition coefficient (Wildman–Crippen LogP) is 2.96. The van der Waals surface area contributed by atoms with Crippen molar-refractivity contribution >= 4 is 22.9 Å². The quantitative estimate of drug-likeness (QED) is 0.831. The summed E-state index contributed by atoms with van der Waals surface area (Å²) in [5.74, 6) is 0.184. The molecule has 4 heteroatoms. The van der Waals surface area contributed by atoms with Crippen molar-refractivity contribution < 1.29 is 4.79 Å². The Kier molecular flexibility index (Phi) is 5.18. The van der Waals surface area contributed by atoms with Crippen molar-refractivity contribution in [2.75, 3.05) is 19.3 Å². The van der Waals surface area contributed by atoms with Crippen molar-refractivity contribution in [2.24, 2.45) is 0 Å². The Morgan fingerprint density at radius 3 is 2.80 bits per heavy atom. The van der Waals surface area contributed by atoms with Gasteiger partial charge in [-0.05, 0) is 42.0 Å². The number of thiophene rings is 1. The van der Waals surface area contributed by atoms with E-state index in [0.29, 0.717) is 6.42 Å². The molecule has 0 radical (unpaired) electrons. The number of rotatable bonds is 6. The number of nitrogens with zero attached hydrogens (tertiary/aromatic N) is 1. The van der Waals surface area contributed by atoms with Crippen LogP contribution >= 0.6 is 11.3 Å². The molecule has 106 valence electrons. The molecule has 0 aliphatic carbocycles. The van der Waals surface area contributed by atoms with Crippen LogP contribution in [0.2, 0.25) is 0 Å². The minimum Gasteiger partial charge on any atom is -0.399 e. The topological polar surface area (TPSA) is 46.3 Å². The lowest BCUT2D eigenvalue weighted by atomic mass is 10.1. The van der Waals surface area contributed by atoms with E-state index in [1.54, 1.807) is 11.3 Å². The van der Waals surface area contributed by atoms with E-state index >= 15 is 0 Å². The standard InChI is InChI=1S/C16H20N2OS/c1-18(10-9-15-6-3-11-20-15)16(19)8-7-13-4-2-5-14(17)12-13/h2-6,11-12H,7-10,17H2,1H3. The Bertz CT molecular complexity index is 551. The van der Waals surface area contributed by atoms with Crippen LogP contribution in [0.5, 0.6) is 0 Å². The molecule has 1 amide bonds. The zero-order chi connectivity index (χ0) is 14.4. The molecule has 2 aromatic rings. The maximum atomic E-state index is 12.1. The van der Waals surface area contributed by atoms with E-state index in [0.717, 1.165) is 30.6 Å². The van der Waals surface area contributed by atoms with Crippen molar-refractivity contribution in [2.45, 2.75) is 19.3 Å². The second kappa shape index (κ2) is 7.10. The minimum absolute atomic E-state index is 0.184. The third-order valence-corrected chi connectivity index (χ3v) is 4.21. The predicted molar refractivity (Wildman–Crippen MR) is 84.8 cm³/mol. The Hall–Kier alpha value is -1.81. The number of nitrogens with two attached hydrogens (primary N) is 1. The fourth-order valence-corrected chi connectivity index (χ4v) is 2.75. The highest BCUT2D eigenvalue weighted by Crippen LogP contribution is 2.11. The number of likely N-dealkylation sites (N-methyl/N-ethyl adjacent to an activating group) is 1. The molecule has 2 rings (SSSR count). The van der Waals surface area contributed by atoms with E-state index < -0.39 is 0 Å². The van der Waals surface area contributed by atoms with Crippen molar-refractivity contribution in [3.8, 4) is 0 Å². The summed E-state index contributed by atoms with van der Waals surface area (Å²) in [5, 5.41) is 2.07. The van der Waals surface area contributed by atoms with Gasteiger partial charge in [0.2, 0.25) is 5.91 Å². The molecule has 0 saturated carbocycles. The number of nitrogen functional groups attached to an aromatic ring is 1. The summed E-state index contributed by atoms with van der Waals surface area (Å²) in [5.41, 5.74) is 7.60. The largest absolute Gasteiger partial charge is 0.399 e. The Balaban J connectivity index is 1.76. The lowest BCUT2D eigenvalue weighted by Crippen LogP contribution is -2.28. The van der Waals surface area contributed by atoms with E-state index in [-0.39, 0.29) is 5.91 Å². The monoisotopic (exact) mass is 288 g/mol. The number of amides is 1. The molecule has 0 bridgehead atoms. The van der Waals surface area contributed by atoms with Crippen molar-refractivity contribution in [3.05, 3.63) is 52.2 Å². The Morgan fingerprint density at radius 2 is 2.10 bits per heavy atom. The zero-order valence-corrected chi connectivity index (χ0v) is 12.5. The average molecular weight is 288 g/mol. The summed E-state index contributed by atoms with van der Waals surface area (Å²) in [6, 6.07) is 11.9. The molecule has 0 aliphatic rings. The smallest absolute Gasteiger partial charge is 0.222 e. The first-order valence-corrected chi connectivity index (χ1v) is 7.64. The van der Waals surface area contributed by atoms with E-state index in [4.69, 9.17) is 5.73 Å². The normalized spacial score (nSPS) is 10.4.